The van der Waals surface area contributed by atoms with Gasteiger partial charge in [-0.3, -0.25) is 4.79 Å². The van der Waals surface area contributed by atoms with Crippen molar-refractivity contribution in [1.29, 1.82) is 0 Å². The molecule has 0 aliphatic carbocycles. The van der Waals surface area contributed by atoms with Gasteiger partial charge >= 0.3 is 0 Å². The number of rotatable bonds is 4. The van der Waals surface area contributed by atoms with Crippen LogP contribution >= 0.6 is 0 Å². The molecule has 2 rings (SSSR count). The zero-order valence-electron chi connectivity index (χ0n) is 10.2. The molecule has 0 aliphatic rings. The lowest BCUT2D eigenvalue weighted by molar-refractivity contribution is -0.118. The van der Waals surface area contributed by atoms with Crippen molar-refractivity contribution >= 4 is 16.6 Å². The fraction of sp³-hybridized carbons (Fsp3) is 0.267. The molecular weight excluding hydrogens is 210 g/mol. The Balaban J connectivity index is 2.27. The first-order chi connectivity index (χ1) is 8.20. The van der Waals surface area contributed by atoms with Crippen LogP contribution in [0.4, 0.5) is 0 Å². The van der Waals surface area contributed by atoms with Gasteiger partial charge in [0, 0.05) is 0 Å². The van der Waals surface area contributed by atoms with Crippen molar-refractivity contribution < 1.29 is 4.79 Å². The average molecular weight is 227 g/mol. The number of hydrogen-bond acceptors (Lipinski definition) is 2. The number of benzene rings is 2. The highest BCUT2D eigenvalue weighted by Crippen LogP contribution is 2.16. The Labute approximate surface area is 102 Å². The summed E-state index contributed by atoms with van der Waals surface area (Å²) in [6.45, 7) is 1.63. The molecule has 0 saturated carbocycles. The van der Waals surface area contributed by atoms with Crippen LogP contribution < -0.4 is 5.32 Å². The summed E-state index contributed by atoms with van der Waals surface area (Å²) in [4.78, 5) is 11.4. The van der Waals surface area contributed by atoms with Gasteiger partial charge < -0.3 is 5.32 Å². The van der Waals surface area contributed by atoms with Crippen LogP contribution in [0.3, 0.4) is 0 Å². The van der Waals surface area contributed by atoms with Crippen molar-refractivity contribution in [3.63, 3.8) is 0 Å². The van der Waals surface area contributed by atoms with E-state index in [1.54, 1.807) is 6.92 Å². The van der Waals surface area contributed by atoms with Gasteiger partial charge in [0.05, 0.1) is 6.04 Å². The van der Waals surface area contributed by atoms with Gasteiger partial charge in [-0.05, 0) is 36.7 Å². The highest BCUT2D eigenvalue weighted by Gasteiger charge is 2.11. The highest BCUT2D eigenvalue weighted by molar-refractivity contribution is 5.84. The van der Waals surface area contributed by atoms with Crippen molar-refractivity contribution in [2.75, 3.05) is 7.05 Å². The number of fused-ring (bicyclic) bond motifs is 1. The number of nitrogens with one attached hydrogen (secondary N) is 1. The molecule has 17 heavy (non-hydrogen) atoms. The third-order valence-corrected chi connectivity index (χ3v) is 3.09. The summed E-state index contributed by atoms with van der Waals surface area (Å²) in [5.41, 5.74) is 1.19. The van der Waals surface area contributed by atoms with Crippen molar-refractivity contribution in [2.24, 2.45) is 0 Å². The van der Waals surface area contributed by atoms with Gasteiger partial charge in [-0.15, -0.1) is 0 Å². The molecule has 1 N–H and O–H groups in total. The molecule has 0 aliphatic heterocycles. The second-order valence-corrected chi connectivity index (χ2v) is 4.34. The summed E-state index contributed by atoms with van der Waals surface area (Å²) in [7, 11) is 1.83. The van der Waals surface area contributed by atoms with E-state index in [4.69, 9.17) is 0 Å². The van der Waals surface area contributed by atoms with Crippen LogP contribution in [0, 0.1) is 0 Å². The monoisotopic (exact) mass is 227 g/mol. The maximum atomic E-state index is 11.4. The SMILES string of the molecule is CNC(Cc1ccc2ccccc2c1)C(C)=O. The first-order valence-corrected chi connectivity index (χ1v) is 5.86. The molecule has 0 spiro atoms. The Kier molecular flexibility index (Phi) is 3.55. The van der Waals surface area contributed by atoms with Gasteiger partial charge in [0.15, 0.2) is 0 Å². The van der Waals surface area contributed by atoms with Crippen LogP contribution in [0.5, 0.6) is 0 Å². The first kappa shape index (κ1) is 11.8. The van der Waals surface area contributed by atoms with Gasteiger partial charge in [0.25, 0.3) is 0 Å². The third kappa shape index (κ3) is 2.71. The zero-order chi connectivity index (χ0) is 12.3. The Morgan fingerprint density at radius 1 is 1.18 bits per heavy atom. The lowest BCUT2D eigenvalue weighted by Gasteiger charge is -2.13. The molecule has 0 radical (unpaired) electrons. The normalized spacial score (nSPS) is 12.6. The van der Waals surface area contributed by atoms with Crippen LogP contribution in [0.25, 0.3) is 10.8 Å². The van der Waals surface area contributed by atoms with E-state index in [0.717, 1.165) is 6.42 Å². The van der Waals surface area contributed by atoms with Crippen molar-refractivity contribution in [1.82, 2.24) is 5.32 Å². The number of carbonyl (C=O) groups excluding carboxylic acids is 1. The summed E-state index contributed by atoms with van der Waals surface area (Å²) in [5, 5.41) is 5.51. The quantitative estimate of drug-likeness (QED) is 0.869. The molecule has 2 nitrogen and oxygen atoms in total. The average Bonchev–Trinajstić information content (AvgIpc) is 2.35. The fourth-order valence-electron chi connectivity index (χ4n) is 2.05. The van der Waals surface area contributed by atoms with Crippen molar-refractivity contribution in [3.05, 3.63) is 48.0 Å². The molecule has 0 saturated heterocycles. The predicted octanol–water partition coefficient (Wildman–Crippen LogP) is 2.56. The smallest absolute Gasteiger partial charge is 0.147 e. The number of ketones is 1. The molecular formula is C15H17NO. The van der Waals surface area contributed by atoms with E-state index in [1.807, 2.05) is 19.2 Å². The largest absolute Gasteiger partial charge is 0.310 e. The molecule has 0 aromatic heterocycles. The van der Waals surface area contributed by atoms with Gasteiger partial charge in [0.2, 0.25) is 0 Å². The number of hydrogen-bond donors (Lipinski definition) is 1. The number of carbonyl (C=O) groups is 1. The van der Waals surface area contributed by atoms with E-state index in [9.17, 15) is 4.79 Å². The molecule has 2 aromatic carbocycles. The molecule has 1 atom stereocenters. The van der Waals surface area contributed by atoms with Crippen LogP contribution in [0.2, 0.25) is 0 Å². The Hall–Kier alpha value is -1.67. The predicted molar refractivity (Wildman–Crippen MR) is 71.2 cm³/mol. The minimum atomic E-state index is -0.0869. The van der Waals surface area contributed by atoms with E-state index in [0.29, 0.717) is 0 Å². The number of Topliss-reactive ketones (excluding diaryl/α,β-unsaturated/α-hetero) is 1. The fourth-order valence-corrected chi connectivity index (χ4v) is 2.05. The van der Waals surface area contributed by atoms with Crippen LogP contribution in [-0.4, -0.2) is 18.9 Å². The van der Waals surface area contributed by atoms with Gasteiger partial charge in [-0.2, -0.15) is 0 Å². The molecule has 0 bridgehead atoms. The van der Waals surface area contributed by atoms with Gasteiger partial charge in [-0.25, -0.2) is 0 Å². The standard InChI is InChI=1S/C15H17NO/c1-11(17)15(16-2)10-12-7-8-13-5-3-4-6-14(13)9-12/h3-9,15-16H,10H2,1-2H3. The summed E-state index contributed by atoms with van der Waals surface area (Å²) in [6, 6.07) is 14.5. The van der Waals surface area contributed by atoms with Crippen LogP contribution in [0.1, 0.15) is 12.5 Å². The second kappa shape index (κ2) is 5.11. The van der Waals surface area contributed by atoms with Crippen molar-refractivity contribution in [3.8, 4) is 0 Å². The summed E-state index contributed by atoms with van der Waals surface area (Å²) in [5.74, 6) is 0.181. The number of likely N-dealkylation sites (N-methyl/N-ethyl adjacent to an activating group) is 1. The Bertz CT molecular complexity index is 533. The molecule has 88 valence electrons. The minimum Gasteiger partial charge on any atom is -0.310 e. The van der Waals surface area contributed by atoms with E-state index in [-0.39, 0.29) is 11.8 Å². The molecule has 1 unspecified atom stereocenters. The maximum absolute atomic E-state index is 11.4. The summed E-state index contributed by atoms with van der Waals surface area (Å²) >= 11 is 0. The molecule has 0 fully saturated rings. The minimum absolute atomic E-state index is 0.0869. The van der Waals surface area contributed by atoms with Crippen molar-refractivity contribution in [2.45, 2.75) is 19.4 Å². The van der Waals surface area contributed by atoms with E-state index >= 15 is 0 Å². The first-order valence-electron chi connectivity index (χ1n) is 5.86. The zero-order valence-corrected chi connectivity index (χ0v) is 10.2. The molecule has 2 heteroatoms. The Morgan fingerprint density at radius 2 is 1.88 bits per heavy atom. The highest BCUT2D eigenvalue weighted by atomic mass is 16.1. The molecule has 0 amide bonds. The van der Waals surface area contributed by atoms with Gasteiger partial charge in [0.1, 0.15) is 5.78 Å². The second-order valence-electron chi connectivity index (χ2n) is 4.34. The Morgan fingerprint density at radius 3 is 2.53 bits per heavy atom. The van der Waals surface area contributed by atoms with Crippen LogP contribution in [-0.2, 0) is 11.2 Å². The molecule has 2 aromatic rings. The van der Waals surface area contributed by atoms with E-state index in [2.05, 4.69) is 35.6 Å². The lowest BCUT2D eigenvalue weighted by atomic mass is 10.00. The molecule has 0 heterocycles. The van der Waals surface area contributed by atoms with Gasteiger partial charge in [-0.1, -0.05) is 42.5 Å². The third-order valence-electron chi connectivity index (χ3n) is 3.09. The topological polar surface area (TPSA) is 29.1 Å². The lowest BCUT2D eigenvalue weighted by Crippen LogP contribution is -2.34. The summed E-state index contributed by atoms with van der Waals surface area (Å²) in [6.07, 6.45) is 0.747. The summed E-state index contributed by atoms with van der Waals surface area (Å²) < 4.78 is 0. The van der Waals surface area contributed by atoms with Crippen LogP contribution in [0.15, 0.2) is 42.5 Å². The maximum Gasteiger partial charge on any atom is 0.147 e. The van der Waals surface area contributed by atoms with E-state index in [1.165, 1.54) is 16.3 Å². The van der Waals surface area contributed by atoms with E-state index < -0.39 is 0 Å².